The van der Waals surface area contributed by atoms with Gasteiger partial charge >= 0.3 is 0 Å². The summed E-state index contributed by atoms with van der Waals surface area (Å²) >= 11 is 0. The van der Waals surface area contributed by atoms with Crippen molar-refractivity contribution in [3.63, 3.8) is 0 Å². The third-order valence-electron chi connectivity index (χ3n) is 4.73. The zero-order valence-corrected chi connectivity index (χ0v) is 15.5. The first-order valence-corrected chi connectivity index (χ1v) is 9.12. The summed E-state index contributed by atoms with van der Waals surface area (Å²) in [6, 6.07) is 7.80. The Hall–Kier alpha value is -3.29. The Morgan fingerprint density at radius 2 is 2.07 bits per heavy atom. The summed E-state index contributed by atoms with van der Waals surface area (Å²) in [5, 5.41) is 4.41. The van der Waals surface area contributed by atoms with Gasteiger partial charge in [0, 0.05) is 31.5 Å². The van der Waals surface area contributed by atoms with Gasteiger partial charge in [-0.05, 0) is 43.2 Å². The van der Waals surface area contributed by atoms with E-state index >= 15 is 0 Å². The molecule has 3 aromatic rings. The fraction of sp³-hybridized carbons (Fsp3) is 0.300. The van der Waals surface area contributed by atoms with E-state index in [9.17, 15) is 9.18 Å². The SMILES string of the molecule is Cn1nc(-c2ccc(F)cc2)cc1C(=O)N1CCCC(Oc2cnccn2)C1. The van der Waals surface area contributed by atoms with E-state index in [0.717, 1.165) is 18.4 Å². The molecule has 144 valence electrons. The minimum atomic E-state index is -0.307. The number of rotatable bonds is 4. The number of hydrogen-bond donors (Lipinski definition) is 0. The van der Waals surface area contributed by atoms with Gasteiger partial charge in [0.1, 0.15) is 17.6 Å². The molecule has 1 aromatic carbocycles. The van der Waals surface area contributed by atoms with E-state index in [1.165, 1.54) is 12.1 Å². The van der Waals surface area contributed by atoms with Crippen molar-refractivity contribution >= 4 is 5.91 Å². The summed E-state index contributed by atoms with van der Waals surface area (Å²) in [5.41, 5.74) is 1.88. The molecule has 4 rings (SSSR count). The molecule has 0 bridgehead atoms. The highest BCUT2D eigenvalue weighted by molar-refractivity contribution is 5.93. The topological polar surface area (TPSA) is 73.1 Å². The highest BCUT2D eigenvalue weighted by Gasteiger charge is 2.28. The van der Waals surface area contributed by atoms with E-state index in [1.807, 2.05) is 0 Å². The van der Waals surface area contributed by atoms with Crippen molar-refractivity contribution in [2.24, 2.45) is 7.05 Å². The molecule has 1 unspecified atom stereocenters. The van der Waals surface area contributed by atoms with Crippen molar-refractivity contribution in [2.45, 2.75) is 18.9 Å². The molecule has 0 spiro atoms. The quantitative estimate of drug-likeness (QED) is 0.695. The number of likely N-dealkylation sites (tertiary alicyclic amines) is 1. The average molecular weight is 381 g/mol. The first-order chi connectivity index (χ1) is 13.6. The molecular formula is C20H20FN5O2. The zero-order chi connectivity index (χ0) is 19.5. The standard InChI is InChI=1S/C20H20FN5O2/c1-25-18(11-17(24-25)14-4-6-15(21)7-5-14)20(27)26-10-2-3-16(13-26)28-19-12-22-8-9-23-19/h4-9,11-12,16H,2-3,10,13H2,1H3. The lowest BCUT2D eigenvalue weighted by Crippen LogP contribution is -2.45. The Balaban J connectivity index is 1.48. The van der Waals surface area contributed by atoms with E-state index in [0.29, 0.717) is 30.4 Å². The summed E-state index contributed by atoms with van der Waals surface area (Å²) in [6.07, 6.45) is 6.31. The first-order valence-electron chi connectivity index (χ1n) is 9.12. The maximum Gasteiger partial charge on any atom is 0.272 e. The third-order valence-corrected chi connectivity index (χ3v) is 4.73. The summed E-state index contributed by atoms with van der Waals surface area (Å²) in [6.45, 7) is 1.14. The summed E-state index contributed by atoms with van der Waals surface area (Å²) in [5.74, 6) is 0.0511. The lowest BCUT2D eigenvalue weighted by atomic mass is 10.1. The van der Waals surface area contributed by atoms with E-state index in [4.69, 9.17) is 4.74 Å². The van der Waals surface area contributed by atoms with E-state index in [-0.39, 0.29) is 17.8 Å². The number of benzene rings is 1. The first kappa shape index (κ1) is 18.1. The van der Waals surface area contributed by atoms with Crippen LogP contribution < -0.4 is 4.74 Å². The van der Waals surface area contributed by atoms with Crippen molar-refractivity contribution < 1.29 is 13.9 Å². The molecule has 2 aromatic heterocycles. The number of carbonyl (C=O) groups excluding carboxylic acids is 1. The molecule has 0 radical (unpaired) electrons. The van der Waals surface area contributed by atoms with Crippen LogP contribution in [0.2, 0.25) is 0 Å². The Morgan fingerprint density at radius 3 is 2.82 bits per heavy atom. The minimum Gasteiger partial charge on any atom is -0.471 e. The monoisotopic (exact) mass is 381 g/mol. The van der Waals surface area contributed by atoms with Crippen LogP contribution in [0.1, 0.15) is 23.3 Å². The van der Waals surface area contributed by atoms with E-state index < -0.39 is 0 Å². The van der Waals surface area contributed by atoms with Crippen LogP contribution in [0.5, 0.6) is 5.88 Å². The molecule has 3 heterocycles. The predicted octanol–water partition coefficient (Wildman–Crippen LogP) is 2.70. The van der Waals surface area contributed by atoms with Gasteiger partial charge in [-0.2, -0.15) is 5.10 Å². The third kappa shape index (κ3) is 3.85. The second kappa shape index (κ2) is 7.75. The van der Waals surface area contributed by atoms with Gasteiger partial charge in [0.25, 0.3) is 5.91 Å². The van der Waals surface area contributed by atoms with Crippen molar-refractivity contribution in [1.82, 2.24) is 24.6 Å². The van der Waals surface area contributed by atoms with Crippen molar-refractivity contribution in [1.29, 1.82) is 0 Å². The average Bonchev–Trinajstić information content (AvgIpc) is 3.10. The van der Waals surface area contributed by atoms with Crippen LogP contribution in [0, 0.1) is 5.82 Å². The number of halogens is 1. The molecule has 8 heteroatoms. The molecule has 28 heavy (non-hydrogen) atoms. The number of piperidine rings is 1. The summed E-state index contributed by atoms with van der Waals surface area (Å²) < 4.78 is 20.6. The molecule has 7 nitrogen and oxygen atoms in total. The van der Waals surface area contributed by atoms with Gasteiger partial charge in [-0.1, -0.05) is 0 Å². The molecule has 0 N–H and O–H groups in total. The van der Waals surface area contributed by atoms with Gasteiger partial charge < -0.3 is 9.64 Å². The minimum absolute atomic E-state index is 0.101. The molecule has 1 aliphatic rings. The molecule has 1 fully saturated rings. The van der Waals surface area contributed by atoms with Gasteiger partial charge in [-0.15, -0.1) is 0 Å². The highest BCUT2D eigenvalue weighted by atomic mass is 19.1. The van der Waals surface area contributed by atoms with Gasteiger partial charge in [0.05, 0.1) is 18.4 Å². The van der Waals surface area contributed by atoms with Crippen LogP contribution in [0.3, 0.4) is 0 Å². The lowest BCUT2D eigenvalue weighted by molar-refractivity contribution is 0.0517. The number of aryl methyl sites for hydroxylation is 1. The Morgan fingerprint density at radius 1 is 1.25 bits per heavy atom. The number of carbonyl (C=O) groups is 1. The number of amides is 1. The molecule has 1 amide bonds. The fourth-order valence-corrected chi connectivity index (χ4v) is 3.33. The Bertz CT molecular complexity index is 958. The van der Waals surface area contributed by atoms with Gasteiger partial charge in [0.2, 0.25) is 5.88 Å². The van der Waals surface area contributed by atoms with E-state index in [1.54, 1.807) is 53.4 Å². The molecule has 1 saturated heterocycles. The number of nitrogens with zero attached hydrogens (tertiary/aromatic N) is 5. The van der Waals surface area contributed by atoms with Crippen LogP contribution >= 0.6 is 0 Å². The van der Waals surface area contributed by atoms with Crippen molar-refractivity contribution in [3.8, 4) is 17.1 Å². The maximum absolute atomic E-state index is 13.1. The largest absolute Gasteiger partial charge is 0.471 e. The summed E-state index contributed by atoms with van der Waals surface area (Å²) in [4.78, 5) is 22.9. The number of aromatic nitrogens is 4. The lowest BCUT2D eigenvalue weighted by Gasteiger charge is -2.32. The van der Waals surface area contributed by atoms with Gasteiger partial charge in [-0.3, -0.25) is 14.5 Å². The highest BCUT2D eigenvalue weighted by Crippen LogP contribution is 2.22. The second-order valence-corrected chi connectivity index (χ2v) is 6.72. The normalized spacial score (nSPS) is 16.8. The van der Waals surface area contributed by atoms with Gasteiger partial charge in [-0.25, -0.2) is 9.37 Å². The van der Waals surface area contributed by atoms with Gasteiger partial charge in [0.15, 0.2) is 0 Å². The van der Waals surface area contributed by atoms with Crippen LogP contribution in [-0.2, 0) is 7.05 Å². The number of hydrogen-bond acceptors (Lipinski definition) is 5. The molecular weight excluding hydrogens is 361 g/mol. The second-order valence-electron chi connectivity index (χ2n) is 6.72. The predicted molar refractivity (Wildman–Crippen MR) is 100 cm³/mol. The Kier molecular flexibility index (Phi) is 5.01. The number of ether oxygens (including phenoxy) is 1. The van der Waals surface area contributed by atoms with Crippen LogP contribution in [0.4, 0.5) is 4.39 Å². The fourth-order valence-electron chi connectivity index (χ4n) is 3.33. The molecule has 0 saturated carbocycles. The van der Waals surface area contributed by atoms with Crippen molar-refractivity contribution in [2.75, 3.05) is 13.1 Å². The Labute approximate surface area is 161 Å². The maximum atomic E-state index is 13.1. The molecule has 1 aliphatic heterocycles. The zero-order valence-electron chi connectivity index (χ0n) is 15.5. The smallest absolute Gasteiger partial charge is 0.272 e. The van der Waals surface area contributed by atoms with Crippen molar-refractivity contribution in [3.05, 3.63) is 60.4 Å². The van der Waals surface area contributed by atoms with E-state index in [2.05, 4.69) is 15.1 Å². The summed E-state index contributed by atoms with van der Waals surface area (Å²) in [7, 11) is 1.73. The van der Waals surface area contributed by atoms with Crippen LogP contribution in [0.25, 0.3) is 11.3 Å². The molecule has 1 atom stereocenters. The van der Waals surface area contributed by atoms with Crippen LogP contribution in [0.15, 0.2) is 48.9 Å². The molecule has 0 aliphatic carbocycles. The van der Waals surface area contributed by atoms with Crippen LogP contribution in [-0.4, -0.2) is 49.7 Å².